The molecule has 1 amide bonds. The lowest BCUT2D eigenvalue weighted by Gasteiger charge is -2.39. The molecule has 1 saturated heterocycles. The SMILES string of the molecule is CC(C)n1nccc1NC(=O)[C@H](C)N1CCCC[C@@H]1Cn1cncn1. The molecule has 0 radical (unpaired) electrons. The fourth-order valence-corrected chi connectivity index (χ4v) is 3.48. The highest BCUT2D eigenvalue weighted by molar-refractivity contribution is 5.93. The zero-order valence-electron chi connectivity index (χ0n) is 15.2. The molecule has 0 spiro atoms. The third kappa shape index (κ3) is 4.07. The molecule has 1 N–H and O–H groups in total. The summed E-state index contributed by atoms with van der Waals surface area (Å²) in [5.41, 5.74) is 0. The molecule has 1 fully saturated rings. The number of anilines is 1. The van der Waals surface area contributed by atoms with Crippen LogP contribution in [0.1, 0.15) is 46.1 Å². The van der Waals surface area contributed by atoms with Gasteiger partial charge in [-0.15, -0.1) is 0 Å². The van der Waals surface area contributed by atoms with Crippen LogP contribution >= 0.6 is 0 Å². The predicted molar refractivity (Wildman–Crippen MR) is 95.1 cm³/mol. The number of piperidine rings is 1. The molecular formula is C17H27N7O. The topological polar surface area (TPSA) is 80.9 Å². The first-order valence-electron chi connectivity index (χ1n) is 8.99. The van der Waals surface area contributed by atoms with Crippen LogP contribution in [0, 0.1) is 0 Å². The first-order chi connectivity index (χ1) is 12.1. The average molecular weight is 345 g/mol. The Labute approximate surface area is 148 Å². The highest BCUT2D eigenvalue weighted by Crippen LogP contribution is 2.22. The third-order valence-corrected chi connectivity index (χ3v) is 4.82. The van der Waals surface area contributed by atoms with Crippen molar-refractivity contribution in [3.8, 4) is 0 Å². The fourth-order valence-electron chi connectivity index (χ4n) is 3.48. The number of amides is 1. The van der Waals surface area contributed by atoms with Gasteiger partial charge in [0.15, 0.2) is 0 Å². The van der Waals surface area contributed by atoms with E-state index in [0.717, 1.165) is 31.7 Å². The smallest absolute Gasteiger partial charge is 0.242 e. The Morgan fingerprint density at radius 1 is 1.32 bits per heavy atom. The molecule has 136 valence electrons. The zero-order chi connectivity index (χ0) is 17.8. The fraction of sp³-hybridized carbons (Fsp3) is 0.647. The lowest BCUT2D eigenvalue weighted by atomic mass is 9.99. The molecule has 1 aliphatic rings. The van der Waals surface area contributed by atoms with Crippen LogP contribution in [0.2, 0.25) is 0 Å². The van der Waals surface area contributed by atoms with Crippen molar-refractivity contribution in [2.45, 2.75) is 64.7 Å². The van der Waals surface area contributed by atoms with Crippen LogP contribution in [-0.2, 0) is 11.3 Å². The van der Waals surface area contributed by atoms with Crippen molar-refractivity contribution < 1.29 is 4.79 Å². The van der Waals surface area contributed by atoms with Crippen LogP contribution in [0.5, 0.6) is 0 Å². The number of nitrogens with zero attached hydrogens (tertiary/aromatic N) is 6. The molecule has 0 aromatic carbocycles. The minimum atomic E-state index is -0.204. The number of hydrogen-bond donors (Lipinski definition) is 1. The Morgan fingerprint density at radius 2 is 2.16 bits per heavy atom. The van der Waals surface area contributed by atoms with Crippen molar-refractivity contribution in [1.82, 2.24) is 29.4 Å². The predicted octanol–water partition coefficient (Wildman–Crippen LogP) is 1.94. The van der Waals surface area contributed by atoms with E-state index in [9.17, 15) is 4.79 Å². The van der Waals surface area contributed by atoms with Gasteiger partial charge in [0, 0.05) is 18.2 Å². The molecule has 2 aromatic rings. The van der Waals surface area contributed by atoms with Crippen LogP contribution in [0.4, 0.5) is 5.82 Å². The molecular weight excluding hydrogens is 318 g/mol. The molecule has 3 heterocycles. The second-order valence-corrected chi connectivity index (χ2v) is 6.92. The molecule has 0 aliphatic carbocycles. The summed E-state index contributed by atoms with van der Waals surface area (Å²) >= 11 is 0. The van der Waals surface area contributed by atoms with Gasteiger partial charge in [0.2, 0.25) is 5.91 Å². The molecule has 1 aliphatic heterocycles. The molecule has 0 unspecified atom stereocenters. The minimum absolute atomic E-state index is 0.00731. The molecule has 8 nitrogen and oxygen atoms in total. The second-order valence-electron chi connectivity index (χ2n) is 6.92. The van der Waals surface area contributed by atoms with E-state index in [1.807, 2.05) is 36.2 Å². The van der Waals surface area contributed by atoms with Crippen LogP contribution in [0.3, 0.4) is 0 Å². The minimum Gasteiger partial charge on any atom is -0.310 e. The van der Waals surface area contributed by atoms with E-state index in [0.29, 0.717) is 6.04 Å². The van der Waals surface area contributed by atoms with Crippen molar-refractivity contribution in [3.63, 3.8) is 0 Å². The highest BCUT2D eigenvalue weighted by atomic mass is 16.2. The second kappa shape index (κ2) is 7.77. The Bertz CT molecular complexity index is 679. The summed E-state index contributed by atoms with van der Waals surface area (Å²) in [6.07, 6.45) is 8.38. The van der Waals surface area contributed by atoms with E-state index in [1.54, 1.807) is 18.9 Å². The summed E-state index contributed by atoms with van der Waals surface area (Å²) in [6.45, 7) is 7.76. The molecule has 2 atom stereocenters. The van der Waals surface area contributed by atoms with Gasteiger partial charge >= 0.3 is 0 Å². The number of carbonyl (C=O) groups excluding carboxylic acids is 1. The molecule has 8 heteroatoms. The maximum atomic E-state index is 12.8. The number of carbonyl (C=O) groups is 1. The van der Waals surface area contributed by atoms with Gasteiger partial charge in [0.1, 0.15) is 18.5 Å². The van der Waals surface area contributed by atoms with Crippen LogP contribution in [0.15, 0.2) is 24.9 Å². The Balaban J connectivity index is 1.67. The molecule has 0 bridgehead atoms. The maximum Gasteiger partial charge on any atom is 0.242 e. The van der Waals surface area contributed by atoms with E-state index >= 15 is 0 Å². The number of nitrogens with one attached hydrogen (secondary N) is 1. The van der Waals surface area contributed by atoms with Crippen LogP contribution in [-0.4, -0.2) is 54.0 Å². The normalized spacial score (nSPS) is 19.9. The molecule has 2 aromatic heterocycles. The first kappa shape index (κ1) is 17.6. The number of likely N-dealkylation sites (tertiary alicyclic amines) is 1. The van der Waals surface area contributed by atoms with Gasteiger partial charge in [0.05, 0.1) is 18.8 Å². The van der Waals surface area contributed by atoms with Crippen molar-refractivity contribution in [2.24, 2.45) is 0 Å². The Hall–Kier alpha value is -2.22. The van der Waals surface area contributed by atoms with E-state index in [4.69, 9.17) is 0 Å². The molecule has 0 saturated carbocycles. The maximum absolute atomic E-state index is 12.8. The van der Waals surface area contributed by atoms with Gasteiger partial charge in [-0.1, -0.05) is 6.42 Å². The quantitative estimate of drug-likeness (QED) is 0.865. The summed E-state index contributed by atoms with van der Waals surface area (Å²) < 4.78 is 3.68. The lowest BCUT2D eigenvalue weighted by molar-refractivity contribution is -0.122. The van der Waals surface area contributed by atoms with Gasteiger partial charge in [-0.3, -0.25) is 14.4 Å². The molecule has 25 heavy (non-hydrogen) atoms. The lowest BCUT2D eigenvalue weighted by Crippen LogP contribution is -2.51. The zero-order valence-corrected chi connectivity index (χ0v) is 15.2. The van der Waals surface area contributed by atoms with Crippen molar-refractivity contribution in [3.05, 3.63) is 24.9 Å². The summed E-state index contributed by atoms with van der Waals surface area (Å²) in [5.74, 6) is 0.754. The van der Waals surface area contributed by atoms with Crippen molar-refractivity contribution in [2.75, 3.05) is 11.9 Å². The van der Waals surface area contributed by atoms with Gasteiger partial charge < -0.3 is 5.32 Å². The van der Waals surface area contributed by atoms with Crippen molar-refractivity contribution >= 4 is 11.7 Å². The highest BCUT2D eigenvalue weighted by Gasteiger charge is 2.31. The number of hydrogen-bond acceptors (Lipinski definition) is 5. The van der Waals surface area contributed by atoms with Gasteiger partial charge in [0.25, 0.3) is 0 Å². The summed E-state index contributed by atoms with van der Waals surface area (Å²) in [5, 5.41) is 11.5. The largest absolute Gasteiger partial charge is 0.310 e. The van der Waals surface area contributed by atoms with E-state index in [-0.39, 0.29) is 18.0 Å². The Kier molecular flexibility index (Phi) is 5.47. The molecule has 3 rings (SSSR count). The van der Waals surface area contributed by atoms with Gasteiger partial charge in [-0.25, -0.2) is 9.67 Å². The van der Waals surface area contributed by atoms with Gasteiger partial charge in [-0.2, -0.15) is 10.2 Å². The van der Waals surface area contributed by atoms with Crippen LogP contribution in [0.25, 0.3) is 0 Å². The third-order valence-electron chi connectivity index (χ3n) is 4.82. The Morgan fingerprint density at radius 3 is 2.88 bits per heavy atom. The monoisotopic (exact) mass is 345 g/mol. The van der Waals surface area contributed by atoms with Gasteiger partial charge in [-0.05, 0) is 40.2 Å². The average Bonchev–Trinajstić information content (AvgIpc) is 3.26. The van der Waals surface area contributed by atoms with E-state index in [1.165, 1.54) is 6.42 Å². The number of aromatic nitrogens is 5. The van der Waals surface area contributed by atoms with E-state index in [2.05, 4.69) is 25.4 Å². The van der Waals surface area contributed by atoms with E-state index < -0.39 is 0 Å². The number of rotatable bonds is 6. The first-order valence-corrected chi connectivity index (χ1v) is 8.99. The van der Waals surface area contributed by atoms with Crippen LogP contribution < -0.4 is 5.32 Å². The standard InChI is InChI=1S/C17H27N7O/c1-13(2)24-16(7-8-19-24)21-17(25)14(3)23-9-5-4-6-15(23)10-22-12-18-11-20-22/h7-8,11-15H,4-6,9-10H2,1-3H3,(H,21,25)/t14-,15+/m0/s1. The summed E-state index contributed by atoms with van der Waals surface area (Å²) in [6, 6.07) is 2.14. The summed E-state index contributed by atoms with van der Waals surface area (Å²) in [7, 11) is 0. The summed E-state index contributed by atoms with van der Waals surface area (Å²) in [4.78, 5) is 19.1. The van der Waals surface area contributed by atoms with Crippen molar-refractivity contribution in [1.29, 1.82) is 0 Å².